The number of aromatic nitrogens is 1. The first-order valence-electron chi connectivity index (χ1n) is 5.57. The molecule has 1 heterocycles. The number of benzene rings is 1. The predicted molar refractivity (Wildman–Crippen MR) is 73.2 cm³/mol. The summed E-state index contributed by atoms with van der Waals surface area (Å²) in [6.45, 7) is 3.63. The van der Waals surface area contributed by atoms with Gasteiger partial charge in [-0.2, -0.15) is 0 Å². The van der Waals surface area contributed by atoms with E-state index in [0.717, 1.165) is 11.3 Å². The Labute approximate surface area is 114 Å². The summed E-state index contributed by atoms with van der Waals surface area (Å²) < 4.78 is 24.6. The molecule has 6 nitrogen and oxygen atoms in total. The van der Waals surface area contributed by atoms with Crippen molar-refractivity contribution in [1.29, 1.82) is 0 Å². The highest BCUT2D eigenvalue weighted by Gasteiger charge is 2.21. The second kappa shape index (κ2) is 4.86. The second-order valence-electron chi connectivity index (χ2n) is 4.56. The van der Waals surface area contributed by atoms with Crippen LogP contribution in [0.5, 0.6) is 0 Å². The fourth-order valence-electron chi connectivity index (χ4n) is 1.65. The van der Waals surface area contributed by atoms with E-state index in [9.17, 15) is 18.5 Å². The van der Waals surface area contributed by atoms with Gasteiger partial charge in [-0.1, -0.05) is 13.8 Å². The van der Waals surface area contributed by atoms with Gasteiger partial charge in [-0.3, -0.25) is 10.1 Å². The van der Waals surface area contributed by atoms with Crippen molar-refractivity contribution in [2.75, 3.05) is 5.75 Å². The third-order valence-corrected chi connectivity index (χ3v) is 5.94. The molecule has 0 bridgehead atoms. The SMILES string of the molecule is CC(C)CS(=O)(=O)c1nc2ccc([N+](=O)[O-])cc2s1. The van der Waals surface area contributed by atoms with E-state index in [1.807, 2.05) is 13.8 Å². The summed E-state index contributed by atoms with van der Waals surface area (Å²) in [6.07, 6.45) is 0. The van der Waals surface area contributed by atoms with E-state index >= 15 is 0 Å². The molecular weight excluding hydrogens is 288 g/mol. The molecular formula is C11H12N2O4S2. The molecule has 0 aliphatic rings. The Hall–Kier alpha value is -1.54. The predicted octanol–water partition coefficient (Wildman–Crippen LogP) is 2.63. The molecule has 0 N–H and O–H groups in total. The lowest BCUT2D eigenvalue weighted by Gasteiger charge is -2.02. The van der Waals surface area contributed by atoms with Crippen LogP contribution in [0.25, 0.3) is 10.2 Å². The van der Waals surface area contributed by atoms with Crippen LogP contribution >= 0.6 is 11.3 Å². The van der Waals surface area contributed by atoms with Gasteiger partial charge in [0.2, 0.25) is 14.2 Å². The van der Waals surface area contributed by atoms with Crippen LogP contribution in [0, 0.1) is 16.0 Å². The first kappa shape index (κ1) is 13.9. The number of sulfone groups is 1. The van der Waals surface area contributed by atoms with Crippen LogP contribution in [0.2, 0.25) is 0 Å². The molecule has 0 atom stereocenters. The van der Waals surface area contributed by atoms with E-state index < -0.39 is 14.8 Å². The normalized spacial score (nSPS) is 12.2. The van der Waals surface area contributed by atoms with Crippen LogP contribution < -0.4 is 0 Å². The Balaban J connectivity index is 2.50. The minimum absolute atomic E-state index is 0.00588. The molecule has 0 aliphatic carbocycles. The highest BCUT2D eigenvalue weighted by Crippen LogP contribution is 2.29. The average Bonchev–Trinajstić information content (AvgIpc) is 2.70. The molecule has 0 spiro atoms. The van der Waals surface area contributed by atoms with Crippen LogP contribution in [-0.4, -0.2) is 24.1 Å². The standard InChI is InChI=1S/C11H12N2O4S2/c1-7(2)6-19(16,17)11-12-9-4-3-8(13(14)15)5-10(9)18-11/h3-5,7H,6H2,1-2H3. The monoisotopic (exact) mass is 300 g/mol. The summed E-state index contributed by atoms with van der Waals surface area (Å²) in [5.74, 6) is 0.0286. The van der Waals surface area contributed by atoms with Crippen LogP contribution in [0.1, 0.15) is 13.8 Å². The number of rotatable bonds is 4. The summed E-state index contributed by atoms with van der Waals surface area (Å²) in [5, 5.41) is 10.7. The molecule has 102 valence electrons. The van der Waals surface area contributed by atoms with E-state index in [1.165, 1.54) is 18.2 Å². The number of hydrogen-bond donors (Lipinski definition) is 0. The largest absolute Gasteiger partial charge is 0.270 e. The first-order chi connectivity index (χ1) is 8.79. The van der Waals surface area contributed by atoms with Crippen molar-refractivity contribution in [3.63, 3.8) is 0 Å². The van der Waals surface area contributed by atoms with Gasteiger partial charge in [0.25, 0.3) is 5.69 Å². The molecule has 0 unspecified atom stereocenters. The highest BCUT2D eigenvalue weighted by atomic mass is 32.2. The number of hydrogen-bond acceptors (Lipinski definition) is 6. The fourth-order valence-corrected chi connectivity index (χ4v) is 4.62. The fraction of sp³-hybridized carbons (Fsp3) is 0.364. The van der Waals surface area contributed by atoms with Crippen molar-refractivity contribution in [2.45, 2.75) is 18.2 Å². The molecule has 0 saturated heterocycles. The molecule has 0 aliphatic heterocycles. The van der Waals surface area contributed by atoms with Crippen molar-refractivity contribution >= 4 is 37.1 Å². The van der Waals surface area contributed by atoms with Gasteiger partial charge in [-0.05, 0) is 12.0 Å². The Bertz CT molecular complexity index is 734. The van der Waals surface area contributed by atoms with Gasteiger partial charge in [0.1, 0.15) is 0 Å². The van der Waals surface area contributed by atoms with E-state index in [1.54, 1.807) is 0 Å². The lowest BCUT2D eigenvalue weighted by molar-refractivity contribution is -0.384. The van der Waals surface area contributed by atoms with Gasteiger partial charge in [-0.15, -0.1) is 11.3 Å². The molecule has 19 heavy (non-hydrogen) atoms. The molecule has 0 amide bonds. The van der Waals surface area contributed by atoms with E-state index in [4.69, 9.17) is 0 Å². The van der Waals surface area contributed by atoms with Crippen molar-refractivity contribution in [3.05, 3.63) is 28.3 Å². The molecule has 0 saturated carbocycles. The molecule has 2 rings (SSSR count). The summed E-state index contributed by atoms with van der Waals surface area (Å²) >= 11 is 0.974. The van der Waals surface area contributed by atoms with Gasteiger partial charge in [-0.25, -0.2) is 13.4 Å². The first-order valence-corrected chi connectivity index (χ1v) is 8.04. The molecule has 1 aromatic carbocycles. The maximum Gasteiger partial charge on any atom is 0.270 e. The maximum atomic E-state index is 12.0. The Morgan fingerprint density at radius 1 is 1.42 bits per heavy atom. The highest BCUT2D eigenvalue weighted by molar-refractivity contribution is 7.93. The van der Waals surface area contributed by atoms with Gasteiger partial charge >= 0.3 is 0 Å². The van der Waals surface area contributed by atoms with Gasteiger partial charge < -0.3 is 0 Å². The number of thiazole rings is 1. The van der Waals surface area contributed by atoms with E-state index in [0.29, 0.717) is 10.2 Å². The third-order valence-electron chi connectivity index (χ3n) is 2.38. The van der Waals surface area contributed by atoms with Crippen LogP contribution in [0.4, 0.5) is 5.69 Å². The van der Waals surface area contributed by atoms with Gasteiger partial charge in [0, 0.05) is 12.1 Å². The van der Waals surface area contributed by atoms with Gasteiger partial charge in [0.05, 0.1) is 20.9 Å². The molecule has 0 fully saturated rings. The van der Waals surface area contributed by atoms with Crippen LogP contribution in [0.3, 0.4) is 0 Å². The Morgan fingerprint density at radius 3 is 2.68 bits per heavy atom. The van der Waals surface area contributed by atoms with Crippen molar-refractivity contribution in [1.82, 2.24) is 4.98 Å². The lowest BCUT2D eigenvalue weighted by atomic mass is 10.3. The van der Waals surface area contributed by atoms with Crippen LogP contribution in [-0.2, 0) is 9.84 Å². The Morgan fingerprint density at radius 2 is 2.11 bits per heavy atom. The third kappa shape index (κ3) is 2.90. The quantitative estimate of drug-likeness (QED) is 0.639. The number of nitro benzene ring substituents is 1. The number of fused-ring (bicyclic) bond motifs is 1. The summed E-state index contributed by atoms with van der Waals surface area (Å²) in [5.41, 5.74) is 0.405. The molecule has 1 aromatic heterocycles. The topological polar surface area (TPSA) is 90.2 Å². The number of non-ortho nitro benzene ring substituents is 1. The minimum Gasteiger partial charge on any atom is -0.258 e. The smallest absolute Gasteiger partial charge is 0.258 e. The lowest BCUT2D eigenvalue weighted by Crippen LogP contribution is -2.11. The minimum atomic E-state index is -3.42. The summed E-state index contributed by atoms with van der Waals surface area (Å²) in [4.78, 5) is 14.2. The zero-order valence-electron chi connectivity index (χ0n) is 10.4. The molecule has 8 heteroatoms. The summed E-state index contributed by atoms with van der Waals surface area (Å²) in [6, 6.07) is 4.14. The Kier molecular flexibility index (Phi) is 3.55. The zero-order chi connectivity index (χ0) is 14.2. The van der Waals surface area contributed by atoms with Crippen LogP contribution in [0.15, 0.2) is 22.5 Å². The van der Waals surface area contributed by atoms with Crippen molar-refractivity contribution in [2.24, 2.45) is 5.92 Å². The second-order valence-corrected chi connectivity index (χ2v) is 7.80. The van der Waals surface area contributed by atoms with E-state index in [-0.39, 0.29) is 21.7 Å². The molecule has 2 aromatic rings. The molecule has 0 radical (unpaired) electrons. The van der Waals surface area contributed by atoms with Crippen molar-refractivity contribution in [3.8, 4) is 0 Å². The zero-order valence-corrected chi connectivity index (χ0v) is 12.0. The number of nitro groups is 1. The average molecular weight is 300 g/mol. The summed E-state index contributed by atoms with van der Waals surface area (Å²) in [7, 11) is -3.42. The van der Waals surface area contributed by atoms with E-state index in [2.05, 4.69) is 4.98 Å². The number of nitrogens with zero attached hydrogens (tertiary/aromatic N) is 2. The van der Waals surface area contributed by atoms with Crippen molar-refractivity contribution < 1.29 is 13.3 Å². The van der Waals surface area contributed by atoms with Gasteiger partial charge in [0.15, 0.2) is 0 Å². The maximum absolute atomic E-state index is 12.0.